The van der Waals surface area contributed by atoms with Gasteiger partial charge < -0.3 is 4.42 Å². The maximum absolute atomic E-state index is 6.55. The molecule has 0 radical (unpaired) electrons. The minimum absolute atomic E-state index is 0.618. The number of fused-ring (bicyclic) bond motifs is 16. The summed E-state index contributed by atoms with van der Waals surface area (Å²) in [4.78, 5) is 36.4. The number of nitrogens with zero attached hydrogens (tertiary/aromatic N) is 7. The van der Waals surface area contributed by atoms with Gasteiger partial charge in [-0.25, -0.2) is 34.9 Å². The zero-order chi connectivity index (χ0) is 79.1. The van der Waals surface area contributed by atoms with Crippen molar-refractivity contribution in [3.8, 4) is 135 Å². The minimum Gasteiger partial charge on any atom is -0.455 e. The van der Waals surface area contributed by atoms with Crippen LogP contribution in [0.25, 0.3) is 239 Å². The molecule has 0 atom stereocenters. The molecule has 24 aromatic rings. The Labute approximate surface area is 701 Å². The fourth-order valence-electron chi connectivity index (χ4n) is 17.1. The van der Waals surface area contributed by atoms with E-state index in [1.807, 2.05) is 89.4 Å². The number of furan rings is 1. The Balaban J connectivity index is 0.000000140. The fourth-order valence-corrected chi connectivity index (χ4v) is 20.8. The monoisotopic (exact) mass is 1580 g/mol. The molecule has 16 aromatic carbocycles. The summed E-state index contributed by atoms with van der Waals surface area (Å²) in [5, 5.41) is 12.1. The lowest BCUT2D eigenvalue weighted by molar-refractivity contribution is 0.670. The normalized spacial score (nSPS) is 11.7. The Hall–Kier alpha value is -15.1. The first-order chi connectivity index (χ1) is 59.5. The van der Waals surface area contributed by atoms with Crippen LogP contribution >= 0.6 is 34.0 Å². The van der Waals surface area contributed by atoms with Crippen molar-refractivity contribution in [1.29, 1.82) is 0 Å². The summed E-state index contributed by atoms with van der Waals surface area (Å²) in [5.74, 6) is 2.59. The van der Waals surface area contributed by atoms with Crippen molar-refractivity contribution in [1.82, 2.24) is 34.9 Å². The summed E-state index contributed by atoms with van der Waals surface area (Å²) in [6, 6.07) is 138. The fraction of sp³-hybridized carbons (Fsp3) is 0. The third-order valence-corrected chi connectivity index (χ3v) is 26.5. The zero-order valence-corrected chi connectivity index (χ0v) is 66.7. The first kappa shape index (κ1) is 70.3. The van der Waals surface area contributed by atoms with Crippen LogP contribution in [-0.2, 0) is 0 Å². The van der Waals surface area contributed by atoms with E-state index < -0.39 is 0 Å². The van der Waals surface area contributed by atoms with Crippen LogP contribution < -0.4 is 0 Å². The van der Waals surface area contributed by atoms with Gasteiger partial charge in [0.15, 0.2) is 23.3 Å². The molecule has 0 spiro atoms. The van der Waals surface area contributed by atoms with Crippen LogP contribution in [0.3, 0.4) is 0 Å². The van der Waals surface area contributed by atoms with Gasteiger partial charge in [-0.1, -0.05) is 358 Å². The number of hydrogen-bond acceptors (Lipinski definition) is 11. The predicted molar refractivity (Wildman–Crippen MR) is 504 cm³/mol. The van der Waals surface area contributed by atoms with E-state index in [1.54, 1.807) is 11.3 Å². The molecule has 8 aromatic heterocycles. The smallest absolute Gasteiger partial charge is 0.164 e. The van der Waals surface area contributed by atoms with Crippen LogP contribution in [0.2, 0.25) is 0 Å². The molecule has 0 fully saturated rings. The summed E-state index contributed by atoms with van der Waals surface area (Å²) in [5.41, 5.74) is 24.4. The molecule has 560 valence electrons. The van der Waals surface area contributed by atoms with Gasteiger partial charge in [0.1, 0.15) is 11.2 Å². The van der Waals surface area contributed by atoms with Gasteiger partial charge >= 0.3 is 0 Å². The third kappa shape index (κ3) is 12.5. The maximum Gasteiger partial charge on any atom is 0.164 e. The highest BCUT2D eigenvalue weighted by Crippen LogP contribution is 2.49. The van der Waals surface area contributed by atoms with E-state index in [9.17, 15) is 0 Å². The molecule has 8 heterocycles. The molecule has 0 saturated carbocycles. The SMILES string of the molecule is c1ccc(-c2cc(-c3ccc(-c4ccc(-c5nc6c(-c7cccc8c7oc7ccccc78)cccc6c6c5sc5ccccc56)cc4)cc3)nc(-c3ccccc3)n2)cc1.c1ccc(-c2nc(-c3ccc(-c4nc5c(-c6ccccc6)cccc5c5c4sc4ccccc45)cc3)nc(-c3cccc(-c4cccc5c4sc4ccccc45)c3)n2)cc1. The lowest BCUT2D eigenvalue weighted by Gasteiger charge is -2.12. The van der Waals surface area contributed by atoms with Crippen LogP contribution in [-0.4, -0.2) is 34.9 Å². The average Bonchev–Trinajstić information content (AvgIpc) is 1.54. The zero-order valence-electron chi connectivity index (χ0n) is 64.3. The molecular formula is C109H65N7OS3. The van der Waals surface area contributed by atoms with Crippen LogP contribution in [0.1, 0.15) is 0 Å². The average molecular weight is 1580 g/mol. The molecule has 0 aliphatic rings. The van der Waals surface area contributed by atoms with E-state index in [1.165, 1.54) is 71.5 Å². The number of thiophene rings is 3. The molecular weight excluding hydrogens is 1520 g/mol. The first-order valence-corrected chi connectivity index (χ1v) is 42.5. The van der Waals surface area contributed by atoms with Crippen LogP contribution in [0, 0.1) is 0 Å². The Kier molecular flexibility index (Phi) is 17.3. The number of benzene rings is 16. The van der Waals surface area contributed by atoms with Crippen LogP contribution in [0.15, 0.2) is 399 Å². The molecule has 24 rings (SSSR count). The van der Waals surface area contributed by atoms with Crippen molar-refractivity contribution in [2.24, 2.45) is 0 Å². The summed E-state index contributed by atoms with van der Waals surface area (Å²) in [7, 11) is 0. The molecule has 0 N–H and O–H groups in total. The lowest BCUT2D eigenvalue weighted by atomic mass is 9.96. The topological polar surface area (TPSA) is 103 Å². The van der Waals surface area contributed by atoms with Crippen molar-refractivity contribution in [3.05, 3.63) is 394 Å². The van der Waals surface area contributed by atoms with E-state index in [0.717, 1.165) is 145 Å². The van der Waals surface area contributed by atoms with E-state index in [2.05, 4.69) is 328 Å². The second-order valence-electron chi connectivity index (χ2n) is 30.0. The van der Waals surface area contributed by atoms with Crippen molar-refractivity contribution in [3.63, 3.8) is 0 Å². The van der Waals surface area contributed by atoms with Gasteiger partial charge in [-0.05, 0) is 64.2 Å². The first-order valence-electron chi connectivity index (χ1n) is 40.1. The largest absolute Gasteiger partial charge is 0.455 e. The highest BCUT2D eigenvalue weighted by atomic mass is 32.1. The number of hydrogen-bond donors (Lipinski definition) is 0. The van der Waals surface area contributed by atoms with Crippen molar-refractivity contribution in [2.45, 2.75) is 0 Å². The van der Waals surface area contributed by atoms with E-state index in [-0.39, 0.29) is 0 Å². The summed E-state index contributed by atoms with van der Waals surface area (Å²) in [6.07, 6.45) is 0. The van der Waals surface area contributed by atoms with Gasteiger partial charge in [0.2, 0.25) is 0 Å². The third-order valence-electron chi connectivity index (χ3n) is 22.9. The van der Waals surface area contributed by atoms with Gasteiger partial charge in [-0.3, -0.25) is 0 Å². The van der Waals surface area contributed by atoms with Gasteiger partial charge in [0.05, 0.1) is 43.2 Å². The molecule has 0 aliphatic carbocycles. The number of rotatable bonds is 12. The lowest BCUT2D eigenvalue weighted by Crippen LogP contribution is -2.00. The standard InChI is InChI=1S/C55H33N3OS.C54H32N4S2/c1-3-13-36(14-4-1)46-33-47(57-55(56-46)39-15-5-2-6-16-39)37-29-25-34(26-30-37)35-27-31-38(32-28-35)51-54-50(44-18-8-10-24-49(44)60-54)45-22-11-19-41(52(45)58-51)43-21-12-20-42-40-17-7-9-23-48(40)59-53(42)43;1-3-14-33(15-4-1)39-22-12-25-44-47-43-21-8-10-27-46(43)60-51(47)48(55-49(39)44)34-28-30-36(31-29-34)53-56-52(35-16-5-2-6-17-35)57-54(58-53)38-19-11-18-37(32-38)40-23-13-24-42-41-20-7-9-26-45(41)59-50(40)42/h1-33H;1-32H. The van der Waals surface area contributed by atoms with E-state index >= 15 is 0 Å². The van der Waals surface area contributed by atoms with E-state index in [4.69, 9.17) is 39.3 Å². The second kappa shape index (κ2) is 29.6. The molecule has 8 nitrogen and oxygen atoms in total. The van der Waals surface area contributed by atoms with Crippen molar-refractivity contribution >= 4 is 138 Å². The van der Waals surface area contributed by atoms with Gasteiger partial charge in [-0.15, -0.1) is 34.0 Å². The van der Waals surface area contributed by atoms with Crippen molar-refractivity contribution in [2.75, 3.05) is 0 Å². The Morgan fingerprint density at radius 1 is 0.192 bits per heavy atom. The highest BCUT2D eigenvalue weighted by Gasteiger charge is 2.24. The van der Waals surface area contributed by atoms with Crippen LogP contribution in [0.4, 0.5) is 0 Å². The number of aromatic nitrogens is 7. The molecule has 0 bridgehead atoms. The van der Waals surface area contributed by atoms with Gasteiger partial charge in [-0.2, -0.15) is 0 Å². The van der Waals surface area contributed by atoms with Crippen LogP contribution in [0.5, 0.6) is 0 Å². The molecule has 0 amide bonds. The number of pyridine rings is 2. The summed E-state index contributed by atoms with van der Waals surface area (Å²) in [6.45, 7) is 0. The molecule has 0 aliphatic heterocycles. The minimum atomic E-state index is 0.618. The summed E-state index contributed by atoms with van der Waals surface area (Å²) >= 11 is 5.46. The Bertz CT molecular complexity index is 8070. The predicted octanol–water partition coefficient (Wildman–Crippen LogP) is 30.5. The Morgan fingerprint density at radius 3 is 1.12 bits per heavy atom. The van der Waals surface area contributed by atoms with Crippen molar-refractivity contribution < 1.29 is 4.42 Å². The van der Waals surface area contributed by atoms with E-state index in [0.29, 0.717) is 23.3 Å². The molecule has 11 heteroatoms. The summed E-state index contributed by atoms with van der Waals surface area (Å²) < 4.78 is 14.0. The molecule has 120 heavy (non-hydrogen) atoms. The highest BCUT2D eigenvalue weighted by molar-refractivity contribution is 7.27. The quantitative estimate of drug-likeness (QED) is 0.119. The second-order valence-corrected chi connectivity index (χ2v) is 33.2. The Morgan fingerprint density at radius 2 is 0.550 bits per heavy atom. The molecule has 0 unspecified atom stereocenters. The molecule has 0 saturated heterocycles. The number of para-hydroxylation sites is 4. The van der Waals surface area contributed by atoms with Gasteiger partial charge in [0, 0.05) is 134 Å². The maximum atomic E-state index is 6.55. The van der Waals surface area contributed by atoms with Gasteiger partial charge in [0.25, 0.3) is 0 Å².